The number of nitrogens with one attached hydrogen (secondary N) is 1. The van der Waals surface area contributed by atoms with E-state index in [9.17, 15) is 69.9 Å². The molecule has 3 aliphatic carbocycles. The van der Waals surface area contributed by atoms with Crippen molar-refractivity contribution in [1.82, 2.24) is 25.2 Å². The van der Waals surface area contributed by atoms with Crippen LogP contribution in [-0.2, 0) is 75.0 Å². The number of fused-ring (bicyclic) bond motifs is 2. The fraction of sp³-hybridized carbons (Fsp3) is 0.561. The van der Waals surface area contributed by atoms with Crippen LogP contribution >= 0.6 is 0 Å². The van der Waals surface area contributed by atoms with Gasteiger partial charge in [-0.25, -0.2) is 19.1 Å². The zero-order chi connectivity index (χ0) is 79.8. The predicted octanol–water partition coefficient (Wildman–Crippen LogP) is 3.20. The summed E-state index contributed by atoms with van der Waals surface area (Å²) in [6, 6.07) is 32.6. The van der Waals surface area contributed by atoms with E-state index in [1.165, 1.54) is 29.8 Å². The number of likely N-dealkylation sites (tertiary alicyclic amines) is 1. The molecule has 7 aromatic rings. The number of para-hydroxylation sites is 2. The summed E-state index contributed by atoms with van der Waals surface area (Å²) >= 11 is 0. The maximum atomic E-state index is 15.4. The van der Waals surface area contributed by atoms with Gasteiger partial charge in [0.1, 0.15) is 102 Å². The Morgan fingerprint density at radius 2 is 1.18 bits per heavy atom. The molecule has 114 heavy (non-hydrogen) atoms. The van der Waals surface area contributed by atoms with E-state index in [1.807, 2.05) is 30.3 Å². The first-order chi connectivity index (χ1) is 55.2. The lowest BCUT2D eigenvalue weighted by Crippen LogP contribution is -2.64. The SMILES string of the molecule is CC1O[C@@H](OC2[C@H](n3cc(-c4ccccc4)nn3)CC(C(=O)CCCNC(=O)[C@H]3CC(OCc4cc5ccccc5oc4=O)C(O)[C@H](O[C@@H]4OC(CO)[C@H](O)[C@@H](OCc5cc6ccccc6oc5=O)C4O)C3)C[C@H]2O[C@@H]2O[C@@H](CO)[C@H](O)C(O[C@@H](CC3CCCCC3)C(=O)N3CCC3)C2OC(=O)c2ccccc2)C(O)[C@@H](O)[C@@H]1O. The summed E-state index contributed by atoms with van der Waals surface area (Å²) in [6.07, 6.45) is -26.4. The highest BCUT2D eigenvalue weighted by Crippen LogP contribution is 2.44. The first-order valence-electron chi connectivity index (χ1n) is 39.3. The summed E-state index contributed by atoms with van der Waals surface area (Å²) in [5.74, 6) is -4.12. The van der Waals surface area contributed by atoms with Crippen molar-refractivity contribution >= 4 is 45.5 Å². The summed E-state index contributed by atoms with van der Waals surface area (Å²) in [6.45, 7) is -0.172. The number of aromatic nitrogens is 3. The van der Waals surface area contributed by atoms with Gasteiger partial charge in [-0.05, 0) is 94.2 Å². The normalized spacial score (nSPS) is 32.5. The first kappa shape index (κ1) is 82.3. The second kappa shape index (κ2) is 37.4. The van der Waals surface area contributed by atoms with Crippen molar-refractivity contribution in [2.75, 3.05) is 32.8 Å². The number of aliphatic hydroxyl groups excluding tert-OH is 9. The molecule has 10 unspecified atom stereocenters. The number of rotatable bonds is 29. The lowest BCUT2D eigenvalue weighted by Gasteiger charge is -2.49. The van der Waals surface area contributed by atoms with Gasteiger partial charge in [0, 0.05) is 54.2 Å². The van der Waals surface area contributed by atoms with Crippen molar-refractivity contribution in [2.24, 2.45) is 17.8 Å². The summed E-state index contributed by atoms with van der Waals surface area (Å²) in [7, 11) is 0. The number of Topliss-reactive ketones (excluding diaryl/α,β-unsaturated/α-hetero) is 1. The van der Waals surface area contributed by atoms with Gasteiger partial charge in [-0.3, -0.25) is 14.4 Å². The van der Waals surface area contributed by atoms with Gasteiger partial charge >= 0.3 is 17.2 Å². The fourth-order valence-electron chi connectivity index (χ4n) is 16.6. The smallest absolute Gasteiger partial charge is 0.341 e. The van der Waals surface area contributed by atoms with Crippen LogP contribution in [0.15, 0.2) is 146 Å². The van der Waals surface area contributed by atoms with Gasteiger partial charge in [-0.15, -0.1) is 5.10 Å². The lowest BCUT2D eigenvalue weighted by atomic mass is 9.78. The molecule has 4 aromatic carbocycles. The molecule has 14 rings (SSSR count). The number of aliphatic hydroxyl groups is 9. The van der Waals surface area contributed by atoms with Crippen LogP contribution < -0.4 is 16.6 Å². The zero-order valence-electron chi connectivity index (χ0n) is 62.9. The first-order valence-corrected chi connectivity index (χ1v) is 39.3. The van der Waals surface area contributed by atoms with Crippen LogP contribution in [0.5, 0.6) is 0 Å². The molecule has 0 radical (unpaired) electrons. The Kier molecular flexibility index (Phi) is 27.0. The number of ketones is 1. The van der Waals surface area contributed by atoms with Crippen LogP contribution in [0.4, 0.5) is 0 Å². The van der Waals surface area contributed by atoms with Gasteiger partial charge in [-0.2, -0.15) is 0 Å². The summed E-state index contributed by atoms with van der Waals surface area (Å²) in [5.41, 5.74) is 0.466. The number of benzene rings is 4. The van der Waals surface area contributed by atoms with E-state index in [-0.39, 0.29) is 85.8 Å². The summed E-state index contributed by atoms with van der Waals surface area (Å²) in [5, 5.41) is 116. The molecule has 10 N–H and O–H groups in total. The fourth-order valence-corrected chi connectivity index (χ4v) is 16.6. The van der Waals surface area contributed by atoms with Crippen LogP contribution in [0.25, 0.3) is 33.2 Å². The minimum Gasteiger partial charge on any atom is -0.450 e. The van der Waals surface area contributed by atoms with Crippen molar-refractivity contribution in [3.05, 3.63) is 165 Å². The van der Waals surface area contributed by atoms with E-state index >= 15 is 4.79 Å². The van der Waals surface area contributed by atoms with Gasteiger partial charge in [0.15, 0.2) is 25.0 Å². The maximum Gasteiger partial charge on any atom is 0.341 e. The molecule has 0 spiro atoms. The van der Waals surface area contributed by atoms with E-state index in [4.69, 9.17) is 56.2 Å². The van der Waals surface area contributed by atoms with Gasteiger partial charge in [0.05, 0.1) is 79.8 Å². The number of esters is 1. The third-order valence-corrected chi connectivity index (χ3v) is 23.2. The van der Waals surface area contributed by atoms with Crippen molar-refractivity contribution in [1.29, 1.82) is 0 Å². The predicted molar refractivity (Wildman–Crippen MR) is 399 cm³/mol. The molecule has 4 aliphatic heterocycles. The van der Waals surface area contributed by atoms with Crippen molar-refractivity contribution in [3.8, 4) is 11.3 Å². The molecular weight excluding hydrogens is 1490 g/mol. The molecule has 32 nitrogen and oxygen atoms in total. The van der Waals surface area contributed by atoms with E-state index < -0.39 is 196 Å². The van der Waals surface area contributed by atoms with E-state index in [0.717, 1.165) is 38.5 Å². The largest absolute Gasteiger partial charge is 0.450 e. The van der Waals surface area contributed by atoms with E-state index in [1.54, 1.807) is 83.9 Å². The monoisotopic (exact) mass is 1590 g/mol. The number of hydrogen-bond acceptors (Lipinski definition) is 29. The van der Waals surface area contributed by atoms with E-state index in [0.29, 0.717) is 46.3 Å². The molecule has 0 bridgehead atoms. The molecule has 7 fully saturated rings. The number of nitrogens with zero attached hydrogens (tertiary/aromatic N) is 4. The molecule has 2 amide bonds. The maximum absolute atomic E-state index is 15.4. The molecule has 4 saturated heterocycles. The van der Waals surface area contributed by atoms with E-state index in [2.05, 4.69) is 15.6 Å². The van der Waals surface area contributed by atoms with Crippen LogP contribution in [0.1, 0.15) is 118 Å². The van der Waals surface area contributed by atoms with Crippen LogP contribution in [-0.4, -0.2) is 251 Å². The highest BCUT2D eigenvalue weighted by Gasteiger charge is 2.56. The Morgan fingerprint density at radius 3 is 1.83 bits per heavy atom. The lowest BCUT2D eigenvalue weighted by molar-refractivity contribution is -0.348. The number of carbonyl (C=O) groups excluding carboxylic acids is 4. The van der Waals surface area contributed by atoms with Crippen molar-refractivity contribution < 1.29 is 121 Å². The van der Waals surface area contributed by atoms with Crippen LogP contribution in [0, 0.1) is 17.8 Å². The Bertz CT molecular complexity index is 4500. The van der Waals surface area contributed by atoms with Crippen LogP contribution in [0.3, 0.4) is 0 Å². The highest BCUT2D eigenvalue weighted by atomic mass is 16.8. The average Bonchev–Trinajstić information content (AvgIpc) is 1.33. The second-order valence-electron chi connectivity index (χ2n) is 30.8. The standard InChI is InChI=1S/C82H99N5O27/c1-43-64(91)68(95)69(96)80(105-43)114-71-54(87-38-53(84-85-87)45-19-7-3-8-20-45)34-49(35-60(71)110-82-74(113-77(100)46-21-9-4-10-22-46)73(67(94)63(40-89)112-82)106-61(76(99)86-29-16-30-86)31-44-17-5-2-6-18-44)55(90)25-15-28-83-75(98)50-36-58(103-41-51-32-47-23-11-13-26-56(47)107-78(51)101)65(92)59(37-50)109-81-70(97)72(66(93)62(39-88)111-81)104-42-52-33-48-24-12-14-27-57(48)108-79(52)102/h3-4,7-14,19-24,26-27,32-33,38,43-44,49-50,54,58-74,80-82,88-89,91-97H,2,5-6,15-18,25,28-31,34-37,39-42H2,1H3,(H,83,98)/t43?,49?,50-,54+,58?,59+,60+,61-,62?,63-,64+,65?,66-,67-,68-,69?,70?,71?,72+,73?,74?,80-,81+,82+/m0/s1. The molecule has 3 aromatic heterocycles. The third-order valence-electron chi connectivity index (χ3n) is 23.2. The molecule has 7 heterocycles. The number of ether oxygens (including phenoxy) is 10. The Labute approximate surface area is 654 Å². The van der Waals surface area contributed by atoms with Gasteiger partial charge in [-0.1, -0.05) is 122 Å². The molecule has 24 atom stereocenters. The Hall–Kier alpha value is -8.20. The minimum atomic E-state index is -1.87. The molecule has 7 aliphatic rings. The third kappa shape index (κ3) is 18.8. The minimum absolute atomic E-state index is 0.0256. The Morgan fingerprint density at radius 1 is 0.579 bits per heavy atom. The topological polar surface area (TPSA) is 449 Å². The molecular formula is C82H99N5O27. The average molecular weight is 1590 g/mol. The number of carbonyl (C=O) groups is 4. The van der Waals surface area contributed by atoms with Gasteiger partial charge in [0.25, 0.3) is 5.91 Å². The summed E-state index contributed by atoms with van der Waals surface area (Å²) in [4.78, 5) is 87.3. The molecule has 3 saturated carbocycles. The number of amides is 2. The second-order valence-corrected chi connectivity index (χ2v) is 30.8. The highest BCUT2D eigenvalue weighted by molar-refractivity contribution is 5.89. The van der Waals surface area contributed by atoms with Gasteiger partial charge < -0.3 is 112 Å². The molecule has 32 heteroatoms. The molecule has 614 valence electrons. The zero-order valence-corrected chi connectivity index (χ0v) is 62.9. The van der Waals surface area contributed by atoms with Crippen molar-refractivity contribution in [2.45, 2.75) is 238 Å². The number of hydrogen-bond donors (Lipinski definition) is 10. The quantitative estimate of drug-likeness (QED) is 0.0183. The van der Waals surface area contributed by atoms with Crippen molar-refractivity contribution in [3.63, 3.8) is 0 Å². The van der Waals surface area contributed by atoms with Gasteiger partial charge in [0.2, 0.25) is 5.91 Å². The van der Waals surface area contributed by atoms with Crippen LogP contribution in [0.2, 0.25) is 0 Å². The Balaban J connectivity index is 0.733. The summed E-state index contributed by atoms with van der Waals surface area (Å²) < 4.78 is 76.8.